The van der Waals surface area contributed by atoms with Gasteiger partial charge in [-0.2, -0.15) is 5.26 Å². The fourth-order valence-electron chi connectivity index (χ4n) is 2.79. The molecule has 0 unspecified atom stereocenters. The quantitative estimate of drug-likeness (QED) is 0.209. The number of anilines is 1. The van der Waals surface area contributed by atoms with Crippen LogP contribution in [0.15, 0.2) is 76.8 Å². The Morgan fingerprint density at radius 1 is 1.17 bits per heavy atom. The predicted molar refractivity (Wildman–Crippen MR) is 131 cm³/mol. The van der Waals surface area contributed by atoms with Gasteiger partial charge in [0.25, 0.3) is 5.91 Å². The van der Waals surface area contributed by atoms with Crippen LogP contribution in [0.25, 0.3) is 6.08 Å². The molecular formula is C24H18BrIN2O2. The van der Waals surface area contributed by atoms with Gasteiger partial charge in [-0.15, -0.1) is 0 Å². The highest BCUT2D eigenvalue weighted by atomic mass is 127. The normalized spacial score (nSPS) is 10.9. The van der Waals surface area contributed by atoms with Crippen LogP contribution in [0.1, 0.15) is 16.7 Å². The lowest BCUT2D eigenvalue weighted by molar-refractivity contribution is -0.112. The number of para-hydroxylation sites is 1. The van der Waals surface area contributed by atoms with Gasteiger partial charge in [0.1, 0.15) is 24.0 Å². The average Bonchev–Trinajstić information content (AvgIpc) is 2.72. The maximum atomic E-state index is 12.4. The molecule has 0 aliphatic heterocycles. The van der Waals surface area contributed by atoms with E-state index >= 15 is 0 Å². The molecule has 0 heterocycles. The SMILES string of the molecule is Cc1cccc(COc2c(Br)cc(/C=C(/C#N)C(=O)Nc3ccccc3)cc2I)c1. The summed E-state index contributed by atoms with van der Waals surface area (Å²) in [6.45, 7) is 2.50. The van der Waals surface area contributed by atoms with Crippen molar-refractivity contribution in [2.75, 3.05) is 5.32 Å². The zero-order valence-electron chi connectivity index (χ0n) is 16.2. The lowest BCUT2D eigenvalue weighted by Gasteiger charge is -2.12. The smallest absolute Gasteiger partial charge is 0.266 e. The average molecular weight is 573 g/mol. The van der Waals surface area contributed by atoms with Crippen LogP contribution < -0.4 is 10.1 Å². The van der Waals surface area contributed by atoms with Crippen molar-refractivity contribution in [3.05, 3.63) is 97.0 Å². The second kappa shape index (κ2) is 10.4. The van der Waals surface area contributed by atoms with Crippen molar-refractivity contribution >= 4 is 56.2 Å². The number of hydrogen-bond acceptors (Lipinski definition) is 3. The molecule has 1 amide bonds. The summed E-state index contributed by atoms with van der Waals surface area (Å²) in [5.74, 6) is 0.274. The van der Waals surface area contributed by atoms with Gasteiger partial charge in [0, 0.05) is 5.69 Å². The number of nitrogens with zero attached hydrogens (tertiary/aromatic N) is 1. The van der Waals surface area contributed by atoms with E-state index in [1.807, 2.05) is 61.5 Å². The molecule has 3 aromatic carbocycles. The zero-order valence-corrected chi connectivity index (χ0v) is 19.9. The Labute approximate surface area is 197 Å². The van der Waals surface area contributed by atoms with Crippen molar-refractivity contribution in [2.24, 2.45) is 0 Å². The van der Waals surface area contributed by atoms with E-state index < -0.39 is 5.91 Å². The molecule has 1 N–H and O–H groups in total. The Balaban J connectivity index is 1.77. The Kier molecular flexibility index (Phi) is 7.66. The molecule has 0 fully saturated rings. The second-order valence-corrected chi connectivity index (χ2v) is 8.60. The third-order valence-corrected chi connectivity index (χ3v) is 5.58. The number of aryl methyl sites for hydroxylation is 1. The fraction of sp³-hybridized carbons (Fsp3) is 0.0833. The fourth-order valence-corrected chi connectivity index (χ4v) is 4.56. The minimum atomic E-state index is -0.449. The molecule has 0 saturated carbocycles. The molecule has 0 atom stereocenters. The van der Waals surface area contributed by atoms with E-state index in [0.29, 0.717) is 12.3 Å². The number of nitriles is 1. The molecule has 30 heavy (non-hydrogen) atoms. The first kappa shape index (κ1) is 22.1. The van der Waals surface area contributed by atoms with Crippen molar-refractivity contribution in [1.82, 2.24) is 0 Å². The van der Waals surface area contributed by atoms with Crippen molar-refractivity contribution < 1.29 is 9.53 Å². The Morgan fingerprint density at radius 3 is 2.60 bits per heavy atom. The van der Waals surface area contributed by atoms with Gasteiger partial charge in [0.2, 0.25) is 0 Å². The number of ether oxygens (including phenoxy) is 1. The first-order chi connectivity index (χ1) is 14.5. The van der Waals surface area contributed by atoms with Gasteiger partial charge in [-0.3, -0.25) is 4.79 Å². The van der Waals surface area contributed by atoms with Crippen molar-refractivity contribution in [3.8, 4) is 11.8 Å². The molecule has 3 aromatic rings. The number of hydrogen-bond donors (Lipinski definition) is 1. The third kappa shape index (κ3) is 5.94. The zero-order chi connectivity index (χ0) is 21.5. The van der Waals surface area contributed by atoms with Crippen LogP contribution in [0.2, 0.25) is 0 Å². The number of carbonyl (C=O) groups is 1. The van der Waals surface area contributed by atoms with E-state index in [0.717, 1.165) is 24.9 Å². The molecule has 3 rings (SSSR count). The number of rotatable bonds is 6. The van der Waals surface area contributed by atoms with Crippen molar-refractivity contribution in [3.63, 3.8) is 0 Å². The van der Waals surface area contributed by atoms with E-state index in [9.17, 15) is 10.1 Å². The van der Waals surface area contributed by atoms with E-state index in [-0.39, 0.29) is 5.57 Å². The largest absolute Gasteiger partial charge is 0.487 e. The Bertz CT molecular complexity index is 1110. The minimum Gasteiger partial charge on any atom is -0.487 e. The van der Waals surface area contributed by atoms with Crippen LogP contribution in [0.5, 0.6) is 5.75 Å². The maximum Gasteiger partial charge on any atom is 0.266 e. The summed E-state index contributed by atoms with van der Waals surface area (Å²) in [5.41, 5.74) is 3.66. The topological polar surface area (TPSA) is 62.1 Å². The number of nitrogens with one attached hydrogen (secondary N) is 1. The highest BCUT2D eigenvalue weighted by Crippen LogP contribution is 2.33. The van der Waals surface area contributed by atoms with Gasteiger partial charge in [0.15, 0.2) is 0 Å². The van der Waals surface area contributed by atoms with Gasteiger partial charge in [0.05, 0.1) is 8.04 Å². The van der Waals surface area contributed by atoms with Crippen LogP contribution in [-0.2, 0) is 11.4 Å². The van der Waals surface area contributed by atoms with Gasteiger partial charge in [-0.05, 0) is 86.9 Å². The van der Waals surface area contributed by atoms with E-state index in [1.165, 1.54) is 5.56 Å². The molecule has 0 bridgehead atoms. The summed E-state index contributed by atoms with van der Waals surface area (Å²) >= 11 is 5.73. The minimum absolute atomic E-state index is 0.0231. The molecule has 0 aromatic heterocycles. The van der Waals surface area contributed by atoms with Crippen molar-refractivity contribution in [2.45, 2.75) is 13.5 Å². The van der Waals surface area contributed by atoms with E-state index in [1.54, 1.807) is 18.2 Å². The predicted octanol–water partition coefficient (Wildman–Crippen LogP) is 6.49. The maximum absolute atomic E-state index is 12.4. The van der Waals surface area contributed by atoms with Crippen LogP contribution >= 0.6 is 38.5 Å². The van der Waals surface area contributed by atoms with Gasteiger partial charge in [-0.1, -0.05) is 48.0 Å². The summed E-state index contributed by atoms with van der Waals surface area (Å²) in [5, 5.41) is 12.2. The summed E-state index contributed by atoms with van der Waals surface area (Å²) in [6.07, 6.45) is 1.57. The highest BCUT2D eigenvalue weighted by molar-refractivity contribution is 14.1. The molecule has 4 nitrogen and oxygen atoms in total. The molecular weight excluding hydrogens is 555 g/mol. The summed E-state index contributed by atoms with van der Waals surface area (Å²) in [7, 11) is 0. The highest BCUT2D eigenvalue weighted by Gasteiger charge is 2.13. The lowest BCUT2D eigenvalue weighted by Crippen LogP contribution is -2.13. The van der Waals surface area contributed by atoms with Gasteiger partial charge in [-0.25, -0.2) is 0 Å². The molecule has 150 valence electrons. The summed E-state index contributed by atoms with van der Waals surface area (Å²) in [4.78, 5) is 12.4. The van der Waals surface area contributed by atoms with Crippen LogP contribution in [0.4, 0.5) is 5.69 Å². The second-order valence-electron chi connectivity index (χ2n) is 6.58. The van der Waals surface area contributed by atoms with Crippen LogP contribution in [-0.4, -0.2) is 5.91 Å². The number of amides is 1. The summed E-state index contributed by atoms with van der Waals surface area (Å²) in [6, 6.07) is 22.9. The van der Waals surface area contributed by atoms with Crippen molar-refractivity contribution in [1.29, 1.82) is 5.26 Å². The molecule has 0 spiro atoms. The first-order valence-corrected chi connectivity index (χ1v) is 11.0. The molecule has 0 aliphatic carbocycles. The standard InChI is InChI=1S/C24H18BrIN2O2/c1-16-6-5-7-17(10-16)15-30-23-21(25)12-18(13-22(23)26)11-19(14-27)24(29)28-20-8-3-2-4-9-20/h2-13H,15H2,1H3,(H,28,29)/b19-11-. The van der Waals surface area contributed by atoms with E-state index in [4.69, 9.17) is 4.74 Å². The van der Waals surface area contributed by atoms with Gasteiger partial charge < -0.3 is 10.1 Å². The van der Waals surface area contributed by atoms with Crippen LogP contribution in [0, 0.1) is 21.8 Å². The number of halogens is 2. The number of carbonyl (C=O) groups excluding carboxylic acids is 1. The van der Waals surface area contributed by atoms with E-state index in [2.05, 4.69) is 49.9 Å². The first-order valence-electron chi connectivity index (χ1n) is 9.12. The third-order valence-electron chi connectivity index (χ3n) is 4.19. The molecule has 6 heteroatoms. The Hall–Kier alpha value is -2.63. The molecule has 0 saturated heterocycles. The van der Waals surface area contributed by atoms with Gasteiger partial charge >= 0.3 is 0 Å². The molecule has 0 radical (unpaired) electrons. The Morgan fingerprint density at radius 2 is 1.93 bits per heavy atom. The summed E-state index contributed by atoms with van der Waals surface area (Å²) < 4.78 is 7.64. The monoisotopic (exact) mass is 572 g/mol. The van der Waals surface area contributed by atoms with Crippen LogP contribution in [0.3, 0.4) is 0 Å². The number of benzene rings is 3. The lowest BCUT2D eigenvalue weighted by atomic mass is 10.1. The molecule has 0 aliphatic rings.